The molecule has 0 aliphatic heterocycles. The van der Waals surface area contributed by atoms with Crippen LogP contribution < -0.4 is 0 Å². The molecule has 4 aliphatic carbocycles. The standard InChI is InChI=1S/C22H46Si2.C22H38Si2.2K/c2*1-13-14(2)18(6)21(17(13)5)23(9,10)24(11,12)22-19(7)15(3)16(4)20(22)8;;/h13-22H,1-12H3;21-22H,1-12H3;;. The van der Waals surface area contributed by atoms with Gasteiger partial charge < -0.3 is 0 Å². The summed E-state index contributed by atoms with van der Waals surface area (Å²) in [6, 6.07) is 0. The van der Waals surface area contributed by atoms with Crippen LogP contribution in [0.4, 0.5) is 0 Å². The Labute approximate surface area is 364 Å². The van der Waals surface area contributed by atoms with Gasteiger partial charge in [-0.1, -0.05) is 130 Å². The Bertz CT molecular complexity index is 1200. The fourth-order valence-corrected chi connectivity index (χ4v) is 43.5. The van der Waals surface area contributed by atoms with E-state index in [-0.39, 0.29) is 0 Å². The van der Waals surface area contributed by atoms with E-state index in [0.717, 1.165) is 69.5 Å². The zero-order valence-corrected chi connectivity index (χ0v) is 49.2. The second kappa shape index (κ2) is 17.9. The Morgan fingerprint density at radius 2 is 0.460 bits per heavy atom. The van der Waals surface area contributed by atoms with Crippen molar-refractivity contribution in [1.29, 1.82) is 0 Å². The first-order valence-corrected chi connectivity index (χ1v) is 51.6. The van der Waals surface area contributed by atoms with E-state index in [1.54, 1.807) is 44.6 Å². The molecule has 2 saturated carbocycles. The predicted molar refractivity (Wildman–Crippen MR) is 243 cm³/mol. The van der Waals surface area contributed by atoms with E-state index in [9.17, 15) is 0 Å². The molecular weight excluding hydrogens is 719 g/mol. The summed E-state index contributed by atoms with van der Waals surface area (Å²) >= 11 is 2.50. The first kappa shape index (κ1) is 49.2. The van der Waals surface area contributed by atoms with E-state index in [2.05, 4.69) is 163 Å². The van der Waals surface area contributed by atoms with Crippen LogP contribution in [0.15, 0.2) is 44.6 Å². The summed E-state index contributed by atoms with van der Waals surface area (Å²) in [5.41, 5.74) is 16.6. The maximum atomic E-state index is 2.81. The molecule has 50 heavy (non-hydrogen) atoms. The number of allylic oxidation sites excluding steroid dienone is 8. The molecule has 4 aliphatic rings. The van der Waals surface area contributed by atoms with Crippen LogP contribution in [0.2, 0.25) is 74.5 Å². The predicted octanol–water partition coefficient (Wildman–Crippen LogP) is 14.2. The van der Waals surface area contributed by atoms with E-state index in [1.807, 2.05) is 0 Å². The number of hydrogen-bond acceptors (Lipinski definition) is 0. The molecule has 0 aromatic rings. The summed E-state index contributed by atoms with van der Waals surface area (Å²) in [4.78, 5) is 0. The molecule has 0 nitrogen and oxygen atoms in total. The molecule has 6 heteroatoms. The molecule has 8 unspecified atom stereocenters. The van der Waals surface area contributed by atoms with Crippen molar-refractivity contribution in [2.45, 2.75) is 185 Å². The van der Waals surface area contributed by atoms with Gasteiger partial charge in [-0.3, -0.25) is 0 Å². The third kappa shape index (κ3) is 8.20. The summed E-state index contributed by atoms with van der Waals surface area (Å²) in [6.07, 6.45) is 0. The number of rotatable bonds is 6. The van der Waals surface area contributed by atoms with Crippen LogP contribution in [0.5, 0.6) is 0 Å². The third-order valence-corrected chi connectivity index (χ3v) is 59.3. The van der Waals surface area contributed by atoms with Crippen molar-refractivity contribution < 1.29 is 0 Å². The Morgan fingerprint density at radius 1 is 0.300 bits per heavy atom. The zero-order valence-electron chi connectivity index (χ0n) is 38.9. The summed E-state index contributed by atoms with van der Waals surface area (Å²) in [5.74, 6) is 7.40. The Kier molecular flexibility index (Phi) is 17.7. The normalized spacial score (nSPS) is 35.0. The van der Waals surface area contributed by atoms with Crippen LogP contribution in [0.25, 0.3) is 0 Å². The average molecular weight is 804 g/mol. The summed E-state index contributed by atoms with van der Waals surface area (Å²) < 4.78 is 0. The van der Waals surface area contributed by atoms with E-state index in [4.69, 9.17) is 0 Å². The van der Waals surface area contributed by atoms with Gasteiger partial charge in [0.05, 0.1) is 15.2 Å². The van der Waals surface area contributed by atoms with Crippen molar-refractivity contribution in [1.82, 2.24) is 0 Å². The fraction of sp³-hybridized carbons (Fsp3) is 0.818. The molecular formula is C44H84K2Si4. The van der Waals surface area contributed by atoms with Crippen molar-refractivity contribution in [3.63, 3.8) is 0 Å². The van der Waals surface area contributed by atoms with Gasteiger partial charge >= 0.3 is 63.2 Å². The second-order valence-electron chi connectivity index (χ2n) is 20.9. The Morgan fingerprint density at radius 3 is 0.620 bits per heavy atom. The summed E-state index contributed by atoms with van der Waals surface area (Å²) in [6.45, 7) is 61.6. The molecule has 2 fully saturated rings. The van der Waals surface area contributed by atoms with Gasteiger partial charge in [-0.05, 0) is 147 Å². The van der Waals surface area contributed by atoms with Gasteiger partial charge in [0.2, 0.25) is 0 Å². The molecule has 0 amide bonds. The van der Waals surface area contributed by atoms with Crippen LogP contribution in [-0.4, -0.2) is 93.5 Å². The maximum absolute atomic E-state index is 2.81. The first-order valence-electron chi connectivity index (χ1n) is 21.3. The van der Waals surface area contributed by atoms with Gasteiger partial charge in [0.15, 0.2) is 0 Å². The molecule has 0 bridgehead atoms. The Balaban J connectivity index is 0.000000330. The third-order valence-electron chi connectivity index (χ3n) is 18.9. The van der Waals surface area contributed by atoms with Gasteiger partial charge in [0.25, 0.3) is 0 Å². The van der Waals surface area contributed by atoms with Gasteiger partial charge in [0.1, 0.15) is 0 Å². The molecule has 0 aromatic carbocycles. The quantitative estimate of drug-likeness (QED) is 0.235. The van der Waals surface area contributed by atoms with Crippen LogP contribution in [-0.2, 0) is 0 Å². The van der Waals surface area contributed by atoms with Crippen LogP contribution in [0.1, 0.15) is 111 Å². The molecule has 0 saturated heterocycles. The molecule has 0 radical (unpaired) electrons. The van der Waals surface area contributed by atoms with Crippen LogP contribution in [0.3, 0.4) is 0 Å². The van der Waals surface area contributed by atoms with Crippen LogP contribution >= 0.6 is 0 Å². The average Bonchev–Trinajstić information content (AvgIpc) is 3.54. The van der Waals surface area contributed by atoms with Gasteiger partial charge in [0, 0.05) is 15.2 Å². The molecule has 4 rings (SSSR count). The van der Waals surface area contributed by atoms with E-state index in [1.165, 1.54) is 63.2 Å². The van der Waals surface area contributed by atoms with E-state index >= 15 is 0 Å². The van der Waals surface area contributed by atoms with Crippen molar-refractivity contribution in [3.8, 4) is 0 Å². The number of hydrogen-bond donors (Lipinski definition) is 0. The molecule has 0 aromatic heterocycles. The topological polar surface area (TPSA) is 0 Å². The van der Waals surface area contributed by atoms with Crippen molar-refractivity contribution in [2.75, 3.05) is 0 Å². The molecule has 0 spiro atoms. The second-order valence-corrected chi connectivity index (χ2v) is 52.6. The van der Waals surface area contributed by atoms with Gasteiger partial charge in [-0.25, -0.2) is 0 Å². The summed E-state index contributed by atoms with van der Waals surface area (Å²) in [5, 5.41) is 0. The van der Waals surface area contributed by atoms with E-state index < -0.39 is 30.4 Å². The minimum absolute atomic E-state index is 0.751. The fourth-order valence-electron chi connectivity index (χ4n) is 13.3. The summed E-state index contributed by atoms with van der Waals surface area (Å²) in [7, 11) is -5.47. The SMILES string of the molecule is CC1=C(C)C([Si](C)(C)[Si](C)(C)C2C(C)=C(C)C(C)=C2C)C(C)=C1C.CC1C(C)C(C)C([Si](C)(C)[Si](C)(C)C2C(C)C(C)C(C)C2C)C1C.[K][K]. The molecule has 278 valence electrons. The van der Waals surface area contributed by atoms with Gasteiger partial charge in [-0.15, -0.1) is 0 Å². The van der Waals surface area contributed by atoms with Crippen molar-refractivity contribution in [3.05, 3.63) is 44.6 Å². The van der Waals surface area contributed by atoms with Gasteiger partial charge in [-0.2, -0.15) is 0 Å². The monoisotopic (exact) mass is 802 g/mol. The van der Waals surface area contributed by atoms with E-state index in [0.29, 0.717) is 0 Å². The molecule has 0 N–H and O–H groups in total. The molecule has 8 atom stereocenters. The zero-order chi connectivity index (χ0) is 39.5. The molecule has 0 heterocycles. The first-order chi connectivity index (χ1) is 22.6. The van der Waals surface area contributed by atoms with Crippen molar-refractivity contribution >= 4 is 93.5 Å². The van der Waals surface area contributed by atoms with Crippen LogP contribution in [0, 0.1) is 47.3 Å². The van der Waals surface area contributed by atoms with Crippen molar-refractivity contribution in [2.24, 2.45) is 47.3 Å². The minimum atomic E-state index is -1.46. The Hall–Kier alpha value is 3.10.